The number of benzene rings is 2. The van der Waals surface area contributed by atoms with E-state index >= 15 is 0 Å². The summed E-state index contributed by atoms with van der Waals surface area (Å²) in [5, 5.41) is 15.2. The smallest absolute Gasteiger partial charge is 0.230 e. The predicted octanol–water partition coefficient (Wildman–Crippen LogP) is 2.64. The molecule has 26 heavy (non-hydrogen) atoms. The molecule has 0 saturated carbocycles. The van der Waals surface area contributed by atoms with Gasteiger partial charge in [0.05, 0.1) is 24.6 Å². The summed E-state index contributed by atoms with van der Waals surface area (Å²) in [7, 11) is 1.61. The van der Waals surface area contributed by atoms with Crippen LogP contribution in [0.3, 0.4) is 0 Å². The molecule has 3 aromatic rings. The molecular formula is C18H19N5O2S. The molecule has 0 fully saturated rings. The van der Waals surface area contributed by atoms with Crippen molar-refractivity contribution in [1.29, 1.82) is 0 Å². The van der Waals surface area contributed by atoms with Crippen LogP contribution >= 0.6 is 11.8 Å². The Balaban J connectivity index is 1.60. The van der Waals surface area contributed by atoms with Crippen LogP contribution in [0.2, 0.25) is 0 Å². The zero-order valence-corrected chi connectivity index (χ0v) is 15.3. The SMILES string of the molecule is COc1ccc(-n2nnnc2SCC(=O)N[C@@H](C)c2ccccc2)cc1. The van der Waals surface area contributed by atoms with Crippen molar-refractivity contribution in [3.8, 4) is 11.4 Å². The first-order valence-corrected chi connectivity index (χ1v) is 9.06. The number of nitrogens with one attached hydrogen (secondary N) is 1. The van der Waals surface area contributed by atoms with Gasteiger partial charge in [0.15, 0.2) is 0 Å². The van der Waals surface area contributed by atoms with Crippen LogP contribution in [0.4, 0.5) is 0 Å². The lowest BCUT2D eigenvalue weighted by molar-refractivity contribution is -0.119. The van der Waals surface area contributed by atoms with Crippen LogP contribution in [0.5, 0.6) is 5.75 Å². The number of amides is 1. The van der Waals surface area contributed by atoms with Gasteiger partial charge in [0.2, 0.25) is 11.1 Å². The molecule has 0 aliphatic rings. The van der Waals surface area contributed by atoms with Crippen molar-refractivity contribution < 1.29 is 9.53 Å². The highest BCUT2D eigenvalue weighted by Gasteiger charge is 2.13. The second kappa shape index (κ2) is 8.48. The Bertz CT molecular complexity index is 852. The quantitative estimate of drug-likeness (QED) is 0.645. The standard InChI is InChI=1S/C18H19N5O2S/c1-13(14-6-4-3-5-7-14)19-17(24)12-26-18-20-21-22-23(18)15-8-10-16(25-2)11-9-15/h3-11,13H,12H2,1-2H3,(H,19,24)/t13-/m0/s1. The number of methoxy groups -OCH3 is 1. The Morgan fingerprint density at radius 3 is 2.62 bits per heavy atom. The zero-order chi connectivity index (χ0) is 18.4. The lowest BCUT2D eigenvalue weighted by Gasteiger charge is -2.14. The summed E-state index contributed by atoms with van der Waals surface area (Å²) >= 11 is 1.29. The van der Waals surface area contributed by atoms with Gasteiger partial charge in [-0.05, 0) is 47.2 Å². The molecule has 0 unspecified atom stereocenters. The normalized spacial score (nSPS) is 11.8. The van der Waals surface area contributed by atoms with Crippen LogP contribution in [-0.4, -0.2) is 39.0 Å². The van der Waals surface area contributed by atoms with Crippen molar-refractivity contribution in [2.45, 2.75) is 18.1 Å². The summed E-state index contributed by atoms with van der Waals surface area (Å²) in [6.45, 7) is 1.96. The Labute approximate surface area is 155 Å². The van der Waals surface area contributed by atoms with Crippen LogP contribution < -0.4 is 10.1 Å². The number of nitrogens with zero attached hydrogens (tertiary/aromatic N) is 4. The second-order valence-corrected chi connectivity index (χ2v) is 6.50. The van der Waals surface area contributed by atoms with Crippen LogP contribution in [0.25, 0.3) is 5.69 Å². The van der Waals surface area contributed by atoms with Crippen molar-refractivity contribution in [3.05, 3.63) is 60.2 Å². The van der Waals surface area contributed by atoms with Crippen LogP contribution in [0, 0.1) is 0 Å². The van der Waals surface area contributed by atoms with E-state index in [4.69, 9.17) is 4.74 Å². The first kappa shape index (κ1) is 17.9. The summed E-state index contributed by atoms with van der Waals surface area (Å²) in [5.41, 5.74) is 1.87. The van der Waals surface area contributed by atoms with Crippen LogP contribution in [0.15, 0.2) is 59.8 Å². The zero-order valence-electron chi connectivity index (χ0n) is 14.5. The minimum absolute atomic E-state index is 0.0538. The maximum absolute atomic E-state index is 12.2. The molecular weight excluding hydrogens is 350 g/mol. The number of ether oxygens (including phenoxy) is 1. The first-order valence-electron chi connectivity index (χ1n) is 8.07. The Morgan fingerprint density at radius 2 is 1.92 bits per heavy atom. The number of rotatable bonds is 7. The minimum atomic E-state index is -0.0735. The van der Waals surface area contributed by atoms with Gasteiger partial charge in [-0.15, -0.1) is 5.10 Å². The van der Waals surface area contributed by atoms with Gasteiger partial charge in [0, 0.05) is 0 Å². The Hall–Kier alpha value is -2.87. The molecule has 1 aromatic heterocycles. The van der Waals surface area contributed by atoms with E-state index in [-0.39, 0.29) is 17.7 Å². The topological polar surface area (TPSA) is 81.9 Å². The third-order valence-corrected chi connectivity index (χ3v) is 4.69. The van der Waals surface area contributed by atoms with E-state index in [1.54, 1.807) is 11.8 Å². The number of tetrazole rings is 1. The number of hydrogen-bond acceptors (Lipinski definition) is 6. The van der Waals surface area contributed by atoms with E-state index in [2.05, 4.69) is 20.8 Å². The first-order chi connectivity index (χ1) is 12.7. The van der Waals surface area contributed by atoms with Crippen molar-refractivity contribution in [2.75, 3.05) is 12.9 Å². The van der Waals surface area contributed by atoms with Crippen molar-refractivity contribution in [2.24, 2.45) is 0 Å². The molecule has 0 aliphatic heterocycles. The van der Waals surface area contributed by atoms with Gasteiger partial charge in [-0.25, -0.2) is 0 Å². The fourth-order valence-electron chi connectivity index (χ4n) is 2.39. The maximum Gasteiger partial charge on any atom is 0.230 e. The van der Waals surface area contributed by atoms with Gasteiger partial charge >= 0.3 is 0 Å². The summed E-state index contributed by atoms with van der Waals surface area (Å²) in [6, 6.07) is 17.2. The average molecular weight is 369 g/mol. The van der Waals surface area contributed by atoms with E-state index in [9.17, 15) is 4.79 Å². The third-order valence-electron chi connectivity index (χ3n) is 3.77. The predicted molar refractivity (Wildman–Crippen MR) is 99.4 cm³/mol. The van der Waals surface area contributed by atoms with Gasteiger partial charge in [-0.2, -0.15) is 4.68 Å². The monoisotopic (exact) mass is 369 g/mol. The molecule has 1 heterocycles. The molecule has 1 amide bonds. The number of aromatic nitrogens is 4. The molecule has 8 heteroatoms. The summed E-state index contributed by atoms with van der Waals surface area (Å²) in [5.74, 6) is 0.911. The molecule has 1 N–H and O–H groups in total. The van der Waals surface area contributed by atoms with Gasteiger partial charge in [-0.3, -0.25) is 4.79 Å². The van der Waals surface area contributed by atoms with Gasteiger partial charge in [0.1, 0.15) is 5.75 Å². The molecule has 0 aliphatic carbocycles. The highest BCUT2D eigenvalue weighted by Crippen LogP contribution is 2.20. The molecule has 1 atom stereocenters. The molecule has 7 nitrogen and oxygen atoms in total. The summed E-state index contributed by atoms with van der Waals surface area (Å²) < 4.78 is 6.75. The van der Waals surface area contributed by atoms with Gasteiger partial charge < -0.3 is 10.1 Å². The maximum atomic E-state index is 12.2. The molecule has 134 valence electrons. The van der Waals surface area contributed by atoms with Crippen LogP contribution in [-0.2, 0) is 4.79 Å². The van der Waals surface area contributed by atoms with Crippen molar-refractivity contribution >= 4 is 17.7 Å². The number of thioether (sulfide) groups is 1. The lowest BCUT2D eigenvalue weighted by atomic mass is 10.1. The van der Waals surface area contributed by atoms with Gasteiger partial charge in [-0.1, -0.05) is 42.1 Å². The van der Waals surface area contributed by atoms with E-state index in [0.29, 0.717) is 5.16 Å². The fourth-order valence-corrected chi connectivity index (χ4v) is 3.09. The molecule has 3 rings (SSSR count). The highest BCUT2D eigenvalue weighted by atomic mass is 32.2. The molecule has 0 saturated heterocycles. The number of carbonyl (C=O) groups excluding carboxylic acids is 1. The minimum Gasteiger partial charge on any atom is -0.497 e. The molecule has 0 radical (unpaired) electrons. The van der Waals surface area contributed by atoms with Gasteiger partial charge in [0.25, 0.3) is 0 Å². The number of hydrogen-bond donors (Lipinski definition) is 1. The van der Waals surface area contributed by atoms with Crippen molar-refractivity contribution in [1.82, 2.24) is 25.5 Å². The largest absolute Gasteiger partial charge is 0.497 e. The highest BCUT2D eigenvalue weighted by molar-refractivity contribution is 7.99. The molecule has 0 spiro atoms. The van der Waals surface area contributed by atoms with Crippen molar-refractivity contribution in [3.63, 3.8) is 0 Å². The summed E-state index contributed by atoms with van der Waals surface area (Å²) in [4.78, 5) is 12.2. The Kier molecular flexibility index (Phi) is 5.85. The molecule has 0 bridgehead atoms. The number of carbonyl (C=O) groups is 1. The van der Waals surface area contributed by atoms with E-state index in [1.165, 1.54) is 11.8 Å². The lowest BCUT2D eigenvalue weighted by Crippen LogP contribution is -2.28. The third kappa shape index (κ3) is 4.40. The average Bonchev–Trinajstić information content (AvgIpc) is 3.15. The fraction of sp³-hybridized carbons (Fsp3) is 0.222. The van der Waals surface area contributed by atoms with E-state index < -0.39 is 0 Å². The summed E-state index contributed by atoms with van der Waals surface area (Å²) in [6.07, 6.45) is 0. The second-order valence-electron chi connectivity index (χ2n) is 5.56. The Morgan fingerprint density at radius 1 is 1.19 bits per heavy atom. The molecule has 2 aromatic carbocycles. The van der Waals surface area contributed by atoms with E-state index in [1.807, 2.05) is 61.5 Å². The van der Waals surface area contributed by atoms with Crippen LogP contribution in [0.1, 0.15) is 18.5 Å². The van der Waals surface area contributed by atoms with E-state index in [0.717, 1.165) is 17.0 Å².